The Morgan fingerprint density at radius 1 is 1.35 bits per heavy atom. The second-order valence-corrected chi connectivity index (χ2v) is 5.37. The predicted molar refractivity (Wildman–Crippen MR) is 77.3 cm³/mol. The molecule has 0 saturated carbocycles. The predicted octanol–water partition coefficient (Wildman–Crippen LogP) is 3.65. The van der Waals surface area contributed by atoms with Crippen LogP contribution in [0.3, 0.4) is 0 Å². The SMILES string of the molecule is CCc1ccsc1CNCc1ccc([N+](=O)[O-])c(F)c1. The highest BCUT2D eigenvalue weighted by Crippen LogP contribution is 2.19. The van der Waals surface area contributed by atoms with E-state index in [0.717, 1.165) is 13.0 Å². The van der Waals surface area contributed by atoms with Crippen LogP contribution in [0.15, 0.2) is 29.6 Å². The molecule has 0 saturated heterocycles. The molecular weight excluding hydrogens is 279 g/mol. The Bertz CT molecular complexity index is 613. The van der Waals surface area contributed by atoms with Gasteiger partial charge >= 0.3 is 5.69 Å². The van der Waals surface area contributed by atoms with Crippen LogP contribution >= 0.6 is 11.3 Å². The van der Waals surface area contributed by atoms with E-state index >= 15 is 0 Å². The Hall–Kier alpha value is -1.79. The van der Waals surface area contributed by atoms with Gasteiger partial charge in [0.2, 0.25) is 5.82 Å². The van der Waals surface area contributed by atoms with Crippen molar-refractivity contribution in [2.24, 2.45) is 0 Å². The molecule has 1 aromatic heterocycles. The van der Waals surface area contributed by atoms with Crippen LogP contribution < -0.4 is 5.32 Å². The second kappa shape index (κ2) is 6.58. The van der Waals surface area contributed by atoms with Gasteiger partial charge in [0, 0.05) is 24.0 Å². The largest absolute Gasteiger partial charge is 0.308 e. The summed E-state index contributed by atoms with van der Waals surface area (Å²) in [6.45, 7) is 3.31. The summed E-state index contributed by atoms with van der Waals surface area (Å²) in [7, 11) is 0. The quantitative estimate of drug-likeness (QED) is 0.653. The Balaban J connectivity index is 1.95. The van der Waals surface area contributed by atoms with Gasteiger partial charge in [-0.15, -0.1) is 11.3 Å². The summed E-state index contributed by atoms with van der Waals surface area (Å²) in [5.74, 6) is -0.792. The first-order chi connectivity index (χ1) is 9.61. The average Bonchev–Trinajstić information content (AvgIpc) is 2.86. The fraction of sp³-hybridized carbons (Fsp3) is 0.286. The van der Waals surface area contributed by atoms with E-state index in [1.807, 2.05) is 0 Å². The summed E-state index contributed by atoms with van der Waals surface area (Å²) in [5, 5.41) is 15.8. The minimum atomic E-state index is -0.792. The standard InChI is InChI=1S/C14H15FN2O2S/c1-2-11-5-6-20-14(11)9-16-8-10-3-4-13(17(18)19)12(15)7-10/h3-7,16H,2,8-9H2,1H3. The number of nitro groups is 1. The minimum Gasteiger partial charge on any atom is -0.308 e. The monoisotopic (exact) mass is 294 g/mol. The lowest BCUT2D eigenvalue weighted by Gasteiger charge is -2.05. The van der Waals surface area contributed by atoms with Crippen LogP contribution in [0.2, 0.25) is 0 Å². The van der Waals surface area contributed by atoms with Crippen molar-refractivity contribution in [1.29, 1.82) is 0 Å². The molecule has 0 unspecified atom stereocenters. The molecule has 0 amide bonds. The highest BCUT2D eigenvalue weighted by Gasteiger charge is 2.13. The van der Waals surface area contributed by atoms with Gasteiger partial charge < -0.3 is 5.32 Å². The smallest absolute Gasteiger partial charge is 0.304 e. The number of aryl methyl sites for hydroxylation is 1. The van der Waals surface area contributed by atoms with Crippen molar-refractivity contribution in [1.82, 2.24) is 5.32 Å². The van der Waals surface area contributed by atoms with Crippen LogP contribution in [0, 0.1) is 15.9 Å². The first-order valence-corrected chi connectivity index (χ1v) is 7.18. The van der Waals surface area contributed by atoms with Crippen LogP contribution in [0.25, 0.3) is 0 Å². The zero-order chi connectivity index (χ0) is 14.5. The molecule has 0 fully saturated rings. The topological polar surface area (TPSA) is 55.2 Å². The molecule has 1 heterocycles. The highest BCUT2D eigenvalue weighted by atomic mass is 32.1. The number of benzene rings is 1. The number of thiophene rings is 1. The van der Waals surface area contributed by atoms with Gasteiger partial charge in [-0.2, -0.15) is 4.39 Å². The maximum Gasteiger partial charge on any atom is 0.304 e. The van der Waals surface area contributed by atoms with E-state index in [4.69, 9.17) is 0 Å². The highest BCUT2D eigenvalue weighted by molar-refractivity contribution is 7.10. The summed E-state index contributed by atoms with van der Waals surface area (Å²) in [6.07, 6.45) is 0.993. The van der Waals surface area contributed by atoms with Crippen molar-refractivity contribution >= 4 is 17.0 Å². The number of hydrogen-bond acceptors (Lipinski definition) is 4. The van der Waals surface area contributed by atoms with Gasteiger partial charge in [0.1, 0.15) is 0 Å². The van der Waals surface area contributed by atoms with Crippen LogP contribution in [0.4, 0.5) is 10.1 Å². The number of rotatable bonds is 6. The molecule has 4 nitrogen and oxygen atoms in total. The number of halogens is 1. The maximum absolute atomic E-state index is 13.5. The van der Waals surface area contributed by atoms with Crippen molar-refractivity contribution in [2.75, 3.05) is 0 Å². The summed E-state index contributed by atoms with van der Waals surface area (Å²) < 4.78 is 13.5. The number of nitro benzene ring substituents is 1. The zero-order valence-electron chi connectivity index (χ0n) is 11.1. The first kappa shape index (κ1) is 14.6. The minimum absolute atomic E-state index is 0.482. The fourth-order valence-electron chi connectivity index (χ4n) is 1.97. The Morgan fingerprint density at radius 3 is 2.80 bits per heavy atom. The number of nitrogens with one attached hydrogen (secondary N) is 1. The Morgan fingerprint density at radius 2 is 2.15 bits per heavy atom. The van der Waals surface area contributed by atoms with Gasteiger partial charge in [-0.1, -0.05) is 13.0 Å². The van der Waals surface area contributed by atoms with Crippen molar-refractivity contribution < 1.29 is 9.31 Å². The molecule has 20 heavy (non-hydrogen) atoms. The second-order valence-electron chi connectivity index (χ2n) is 4.37. The van der Waals surface area contributed by atoms with E-state index in [1.165, 1.54) is 22.6 Å². The van der Waals surface area contributed by atoms with Crippen LogP contribution in [0.1, 0.15) is 22.9 Å². The van der Waals surface area contributed by atoms with E-state index in [2.05, 4.69) is 23.7 Å². The summed E-state index contributed by atoms with van der Waals surface area (Å²) in [4.78, 5) is 11.1. The maximum atomic E-state index is 13.5. The van der Waals surface area contributed by atoms with Crippen molar-refractivity contribution in [2.45, 2.75) is 26.4 Å². The van der Waals surface area contributed by atoms with Crippen molar-refractivity contribution in [3.63, 3.8) is 0 Å². The van der Waals surface area contributed by atoms with Crippen LogP contribution in [-0.4, -0.2) is 4.92 Å². The molecule has 1 aromatic carbocycles. The average molecular weight is 294 g/mol. The van der Waals surface area contributed by atoms with Gasteiger partial charge in [-0.05, 0) is 35.1 Å². The molecule has 0 aliphatic heterocycles. The summed E-state index contributed by atoms with van der Waals surface area (Å²) in [6, 6.07) is 6.09. The lowest BCUT2D eigenvalue weighted by atomic mass is 10.2. The van der Waals surface area contributed by atoms with E-state index in [0.29, 0.717) is 12.1 Å². The molecule has 0 bridgehead atoms. The molecule has 6 heteroatoms. The molecule has 2 rings (SSSR count). The van der Waals surface area contributed by atoms with Crippen LogP contribution in [0.5, 0.6) is 0 Å². The zero-order valence-corrected chi connectivity index (χ0v) is 11.9. The molecule has 0 aliphatic rings. The molecule has 0 aliphatic carbocycles. The van der Waals surface area contributed by atoms with Crippen molar-refractivity contribution in [3.05, 3.63) is 61.6 Å². The molecule has 0 atom stereocenters. The Labute approximate surface area is 120 Å². The van der Waals surface area contributed by atoms with E-state index in [-0.39, 0.29) is 0 Å². The normalized spacial score (nSPS) is 10.7. The molecular formula is C14H15FN2O2S. The van der Waals surface area contributed by atoms with Gasteiger partial charge in [-0.25, -0.2) is 0 Å². The third-order valence-electron chi connectivity index (χ3n) is 3.04. The molecule has 106 valence electrons. The third kappa shape index (κ3) is 3.40. The molecule has 0 radical (unpaired) electrons. The lowest BCUT2D eigenvalue weighted by molar-refractivity contribution is -0.387. The number of hydrogen-bond donors (Lipinski definition) is 1. The van der Waals surface area contributed by atoms with E-state index in [9.17, 15) is 14.5 Å². The van der Waals surface area contributed by atoms with E-state index in [1.54, 1.807) is 17.4 Å². The van der Waals surface area contributed by atoms with Gasteiger partial charge in [0.15, 0.2) is 0 Å². The Kier molecular flexibility index (Phi) is 4.81. The van der Waals surface area contributed by atoms with Crippen LogP contribution in [-0.2, 0) is 19.5 Å². The molecule has 0 spiro atoms. The van der Waals surface area contributed by atoms with E-state index < -0.39 is 16.4 Å². The first-order valence-electron chi connectivity index (χ1n) is 6.30. The molecule has 2 aromatic rings. The van der Waals surface area contributed by atoms with Gasteiger partial charge in [-0.3, -0.25) is 10.1 Å². The fourth-order valence-corrected chi connectivity index (χ4v) is 2.91. The number of nitrogens with zero attached hydrogens (tertiary/aromatic N) is 1. The van der Waals surface area contributed by atoms with Crippen molar-refractivity contribution in [3.8, 4) is 0 Å². The third-order valence-corrected chi connectivity index (χ3v) is 4.01. The molecule has 1 N–H and O–H groups in total. The summed E-state index contributed by atoms with van der Waals surface area (Å²) in [5.41, 5.74) is 1.53. The lowest BCUT2D eigenvalue weighted by Crippen LogP contribution is -2.13. The van der Waals surface area contributed by atoms with Gasteiger partial charge in [0.05, 0.1) is 4.92 Å². The summed E-state index contributed by atoms with van der Waals surface area (Å²) >= 11 is 1.69. The van der Waals surface area contributed by atoms with Gasteiger partial charge in [0.25, 0.3) is 0 Å².